The molecule has 1 unspecified atom stereocenters. The minimum Gasteiger partial charge on any atom is -0.366 e. The fraction of sp³-hybridized carbons (Fsp3) is 0.667. The molecule has 0 aromatic carbocycles. The molecular weight excluding hydrogens is 301 g/mol. The molecule has 0 amide bonds. The highest BCUT2D eigenvalue weighted by atomic mass is 35.5. The van der Waals surface area contributed by atoms with Gasteiger partial charge in [0.05, 0.1) is 10.6 Å². The summed E-state index contributed by atoms with van der Waals surface area (Å²) in [6.07, 6.45) is 3.35. The molecule has 1 atom stereocenters. The van der Waals surface area contributed by atoms with Gasteiger partial charge in [-0.25, -0.2) is 4.98 Å². The van der Waals surface area contributed by atoms with Gasteiger partial charge < -0.3 is 5.32 Å². The van der Waals surface area contributed by atoms with Crippen LogP contribution in [0.4, 0.5) is 19.0 Å². The normalized spacial score (nSPS) is 18.5. The van der Waals surface area contributed by atoms with Gasteiger partial charge in [0.1, 0.15) is 5.82 Å². The first-order chi connectivity index (χ1) is 9.91. The molecule has 0 spiro atoms. The molecule has 0 aliphatic heterocycles. The van der Waals surface area contributed by atoms with E-state index < -0.39 is 11.7 Å². The van der Waals surface area contributed by atoms with Crippen LogP contribution in [0.25, 0.3) is 0 Å². The lowest BCUT2D eigenvalue weighted by molar-refractivity contribution is -0.137. The minimum atomic E-state index is -4.41. The summed E-state index contributed by atoms with van der Waals surface area (Å²) in [5.41, 5.74) is -0.816. The van der Waals surface area contributed by atoms with Gasteiger partial charge in [0.2, 0.25) is 0 Å². The number of hydrogen-bond acceptors (Lipinski definition) is 2. The summed E-state index contributed by atoms with van der Waals surface area (Å²) in [5, 5.41) is 3.26. The monoisotopic (exact) mass is 320 g/mol. The fourth-order valence-corrected chi connectivity index (χ4v) is 3.19. The molecule has 0 bridgehead atoms. The Hall–Kier alpha value is -0.970. The number of alkyl halides is 3. The molecule has 21 heavy (non-hydrogen) atoms. The maximum Gasteiger partial charge on any atom is 0.417 e. The van der Waals surface area contributed by atoms with Crippen LogP contribution in [0.2, 0.25) is 5.02 Å². The highest BCUT2D eigenvalue weighted by molar-refractivity contribution is 6.33. The van der Waals surface area contributed by atoms with Gasteiger partial charge in [0, 0.05) is 12.2 Å². The van der Waals surface area contributed by atoms with Crippen molar-refractivity contribution in [2.24, 2.45) is 5.92 Å². The standard InChI is InChI=1S/C15H20ClF3N2/c1-2-13(10-6-4-3-5-7-10)21-14-12(16)8-11(9-20-14)15(17,18)19/h8-10,13H,2-7H2,1H3,(H,20,21). The first-order valence-electron chi connectivity index (χ1n) is 7.41. The second kappa shape index (κ2) is 6.86. The van der Waals surface area contributed by atoms with Crippen molar-refractivity contribution in [1.29, 1.82) is 0 Å². The number of nitrogens with zero attached hydrogens (tertiary/aromatic N) is 1. The number of rotatable bonds is 4. The van der Waals surface area contributed by atoms with E-state index in [0.29, 0.717) is 11.7 Å². The summed E-state index contributed by atoms with van der Waals surface area (Å²) >= 11 is 5.95. The zero-order valence-electron chi connectivity index (χ0n) is 12.0. The zero-order valence-corrected chi connectivity index (χ0v) is 12.8. The van der Waals surface area contributed by atoms with E-state index in [1.807, 2.05) is 0 Å². The average molecular weight is 321 g/mol. The lowest BCUT2D eigenvalue weighted by Crippen LogP contribution is -2.30. The van der Waals surface area contributed by atoms with E-state index in [2.05, 4.69) is 17.2 Å². The van der Waals surface area contributed by atoms with Gasteiger partial charge in [-0.1, -0.05) is 37.8 Å². The Kier molecular flexibility index (Phi) is 5.36. The van der Waals surface area contributed by atoms with Crippen LogP contribution in [0.1, 0.15) is 51.0 Å². The number of hydrogen-bond donors (Lipinski definition) is 1. The van der Waals surface area contributed by atoms with Crippen LogP contribution >= 0.6 is 11.6 Å². The summed E-state index contributed by atoms with van der Waals surface area (Å²) in [5.74, 6) is 0.894. The minimum absolute atomic E-state index is 0.0269. The molecule has 0 radical (unpaired) electrons. The molecule has 1 heterocycles. The second-order valence-corrected chi connectivity index (χ2v) is 6.02. The number of aromatic nitrogens is 1. The van der Waals surface area contributed by atoms with Gasteiger partial charge >= 0.3 is 6.18 Å². The molecule has 1 aromatic heterocycles. The predicted molar refractivity (Wildman–Crippen MR) is 78.5 cm³/mol. The smallest absolute Gasteiger partial charge is 0.366 e. The third kappa shape index (κ3) is 4.25. The summed E-state index contributed by atoms with van der Waals surface area (Å²) < 4.78 is 37.8. The SMILES string of the molecule is CCC(Nc1ncc(C(F)(F)F)cc1Cl)C1CCCCC1. The van der Waals surface area contributed by atoms with Crippen LogP contribution in [0.15, 0.2) is 12.3 Å². The molecule has 1 fully saturated rings. The molecular formula is C15H20ClF3N2. The van der Waals surface area contributed by atoms with Crippen LogP contribution in [-0.2, 0) is 6.18 Å². The third-order valence-electron chi connectivity index (χ3n) is 4.15. The maximum atomic E-state index is 12.6. The Morgan fingerprint density at radius 1 is 1.33 bits per heavy atom. The molecule has 0 saturated heterocycles. The molecule has 1 saturated carbocycles. The zero-order chi connectivity index (χ0) is 15.5. The van der Waals surface area contributed by atoms with Crippen LogP contribution < -0.4 is 5.32 Å². The fourth-order valence-electron chi connectivity index (χ4n) is 2.96. The molecule has 1 aliphatic carbocycles. The Balaban J connectivity index is 2.10. The molecule has 118 valence electrons. The van der Waals surface area contributed by atoms with Crippen LogP contribution in [0.3, 0.4) is 0 Å². The van der Waals surface area contributed by atoms with Gasteiger partial charge in [-0.15, -0.1) is 0 Å². The quantitative estimate of drug-likeness (QED) is 0.789. The highest BCUT2D eigenvalue weighted by Gasteiger charge is 2.32. The predicted octanol–water partition coefficient (Wildman–Crippen LogP) is 5.52. The molecule has 1 N–H and O–H groups in total. The van der Waals surface area contributed by atoms with E-state index in [0.717, 1.165) is 31.5 Å². The summed E-state index contributed by atoms with van der Waals surface area (Å²) in [7, 11) is 0. The Labute approximate surface area is 128 Å². The highest BCUT2D eigenvalue weighted by Crippen LogP contribution is 2.34. The van der Waals surface area contributed by atoms with Gasteiger partial charge in [0.15, 0.2) is 0 Å². The summed E-state index contributed by atoms with van der Waals surface area (Å²) in [6, 6.07) is 1.15. The van der Waals surface area contributed by atoms with Gasteiger partial charge in [-0.2, -0.15) is 13.2 Å². The van der Waals surface area contributed by atoms with E-state index in [4.69, 9.17) is 11.6 Å². The van der Waals surface area contributed by atoms with Crippen molar-refractivity contribution < 1.29 is 13.2 Å². The topological polar surface area (TPSA) is 24.9 Å². The maximum absolute atomic E-state index is 12.6. The largest absolute Gasteiger partial charge is 0.417 e. The van der Waals surface area contributed by atoms with Crippen molar-refractivity contribution in [3.05, 3.63) is 22.8 Å². The van der Waals surface area contributed by atoms with E-state index in [-0.39, 0.29) is 11.1 Å². The Morgan fingerprint density at radius 2 is 2.00 bits per heavy atom. The first-order valence-corrected chi connectivity index (χ1v) is 7.79. The molecule has 1 aromatic rings. The first kappa shape index (κ1) is 16.4. The van der Waals surface area contributed by atoms with Crippen molar-refractivity contribution in [3.63, 3.8) is 0 Å². The lowest BCUT2D eigenvalue weighted by atomic mass is 9.83. The Bertz CT molecular complexity index is 470. The summed E-state index contributed by atoms with van der Waals surface area (Å²) in [4.78, 5) is 3.86. The van der Waals surface area contributed by atoms with E-state index in [9.17, 15) is 13.2 Å². The van der Waals surface area contributed by atoms with Crippen LogP contribution in [-0.4, -0.2) is 11.0 Å². The number of anilines is 1. The van der Waals surface area contributed by atoms with Gasteiger partial charge in [0.25, 0.3) is 0 Å². The summed E-state index contributed by atoms with van der Waals surface area (Å²) in [6.45, 7) is 2.07. The molecule has 2 nitrogen and oxygen atoms in total. The number of pyridine rings is 1. The molecule has 6 heteroatoms. The van der Waals surface area contributed by atoms with E-state index >= 15 is 0 Å². The van der Waals surface area contributed by atoms with Gasteiger partial charge in [-0.3, -0.25) is 0 Å². The third-order valence-corrected chi connectivity index (χ3v) is 4.44. The van der Waals surface area contributed by atoms with Crippen molar-refractivity contribution >= 4 is 17.4 Å². The van der Waals surface area contributed by atoms with Crippen molar-refractivity contribution in [2.45, 2.75) is 57.7 Å². The lowest BCUT2D eigenvalue weighted by Gasteiger charge is -2.30. The van der Waals surface area contributed by atoms with Crippen molar-refractivity contribution in [2.75, 3.05) is 5.32 Å². The molecule has 1 aliphatic rings. The van der Waals surface area contributed by atoms with Crippen molar-refractivity contribution in [3.8, 4) is 0 Å². The Morgan fingerprint density at radius 3 is 2.52 bits per heavy atom. The van der Waals surface area contributed by atoms with Gasteiger partial charge in [-0.05, 0) is 31.2 Å². The second-order valence-electron chi connectivity index (χ2n) is 5.61. The van der Waals surface area contributed by atoms with Crippen molar-refractivity contribution in [1.82, 2.24) is 4.98 Å². The number of nitrogens with one attached hydrogen (secondary N) is 1. The van der Waals surface area contributed by atoms with E-state index in [1.54, 1.807) is 0 Å². The average Bonchev–Trinajstić information content (AvgIpc) is 2.46. The number of halogens is 4. The molecule has 2 rings (SSSR count). The van der Waals surface area contributed by atoms with E-state index in [1.165, 1.54) is 19.3 Å². The van der Waals surface area contributed by atoms with Crippen LogP contribution in [0.5, 0.6) is 0 Å². The van der Waals surface area contributed by atoms with Crippen LogP contribution in [0, 0.1) is 5.92 Å².